The number of nitrogens with one attached hydrogen (secondary N) is 2. The summed E-state index contributed by atoms with van der Waals surface area (Å²) in [6.45, 7) is 0.310. The lowest BCUT2D eigenvalue weighted by Gasteiger charge is -2.32. The Labute approximate surface area is 180 Å². The molecule has 3 amide bonds. The summed E-state index contributed by atoms with van der Waals surface area (Å²) in [5, 5.41) is 5.72. The van der Waals surface area contributed by atoms with Gasteiger partial charge in [-0.3, -0.25) is 14.4 Å². The fourth-order valence-electron chi connectivity index (χ4n) is 4.59. The highest BCUT2D eigenvalue weighted by Gasteiger charge is 2.45. The molecule has 31 heavy (non-hydrogen) atoms. The van der Waals surface area contributed by atoms with Gasteiger partial charge in [0.05, 0.1) is 24.4 Å². The molecule has 2 fully saturated rings. The molecule has 8 nitrogen and oxygen atoms in total. The van der Waals surface area contributed by atoms with E-state index in [-0.39, 0.29) is 48.9 Å². The minimum absolute atomic E-state index is 0.0629. The molecule has 1 aromatic carbocycles. The van der Waals surface area contributed by atoms with E-state index in [1.807, 2.05) is 23.1 Å². The average molecular weight is 425 g/mol. The van der Waals surface area contributed by atoms with Crippen molar-refractivity contribution in [2.45, 2.75) is 37.8 Å². The van der Waals surface area contributed by atoms with E-state index in [1.165, 1.54) is 12.5 Å². The summed E-state index contributed by atoms with van der Waals surface area (Å²) < 4.78 is 10.4. The van der Waals surface area contributed by atoms with Crippen LogP contribution in [-0.2, 0) is 9.59 Å². The highest BCUT2D eigenvalue weighted by atomic mass is 16.5. The normalized spacial score (nSPS) is 22.5. The van der Waals surface area contributed by atoms with Crippen LogP contribution in [0.3, 0.4) is 0 Å². The lowest BCUT2D eigenvalue weighted by molar-refractivity contribution is -0.131. The maximum Gasteiger partial charge on any atom is 0.258 e. The van der Waals surface area contributed by atoms with Gasteiger partial charge in [0.15, 0.2) is 6.61 Å². The number of amides is 3. The number of likely N-dealkylation sites (tertiary alicyclic amines) is 1. The number of para-hydroxylation sites is 1. The van der Waals surface area contributed by atoms with Crippen LogP contribution in [0.1, 0.15) is 36.0 Å². The molecule has 8 heteroatoms. The van der Waals surface area contributed by atoms with E-state index in [0.29, 0.717) is 17.9 Å². The number of carbonyl (C=O) groups excluding carboxylic acids is 3. The third kappa shape index (κ3) is 5.07. The van der Waals surface area contributed by atoms with Crippen molar-refractivity contribution in [3.05, 3.63) is 54.5 Å². The van der Waals surface area contributed by atoms with E-state index in [9.17, 15) is 14.4 Å². The number of benzene rings is 1. The SMILES string of the molecule is O=C(COc1ccccc1)NC1CN(C(=O)CNC(=O)c2ccoc2)C2CCCCC12. The summed E-state index contributed by atoms with van der Waals surface area (Å²) in [4.78, 5) is 39.2. The predicted octanol–water partition coefficient (Wildman–Crippen LogP) is 1.97. The Morgan fingerprint density at radius 2 is 1.90 bits per heavy atom. The van der Waals surface area contributed by atoms with Crippen molar-refractivity contribution in [2.75, 3.05) is 19.7 Å². The number of hydrogen-bond donors (Lipinski definition) is 2. The smallest absolute Gasteiger partial charge is 0.258 e. The molecule has 0 bridgehead atoms. The molecule has 2 aliphatic rings. The Balaban J connectivity index is 1.32. The van der Waals surface area contributed by atoms with E-state index in [4.69, 9.17) is 9.15 Å². The maximum atomic E-state index is 12.9. The van der Waals surface area contributed by atoms with Crippen LogP contribution in [0.4, 0.5) is 0 Å². The summed E-state index contributed by atoms with van der Waals surface area (Å²) in [5.74, 6) is 0.198. The first-order chi connectivity index (χ1) is 15.1. The van der Waals surface area contributed by atoms with E-state index in [2.05, 4.69) is 10.6 Å². The number of carbonyl (C=O) groups is 3. The van der Waals surface area contributed by atoms with Gasteiger partial charge in [0.2, 0.25) is 5.91 Å². The number of nitrogens with zero attached hydrogens (tertiary/aromatic N) is 1. The van der Waals surface area contributed by atoms with E-state index in [1.54, 1.807) is 18.2 Å². The summed E-state index contributed by atoms with van der Waals surface area (Å²) in [7, 11) is 0. The molecule has 1 aromatic heterocycles. The molecular weight excluding hydrogens is 398 g/mol. The van der Waals surface area contributed by atoms with Crippen molar-refractivity contribution in [1.29, 1.82) is 0 Å². The van der Waals surface area contributed by atoms with Crippen LogP contribution in [-0.4, -0.2) is 54.4 Å². The molecule has 2 N–H and O–H groups in total. The topological polar surface area (TPSA) is 101 Å². The van der Waals surface area contributed by atoms with Crippen LogP contribution in [0, 0.1) is 5.92 Å². The summed E-state index contributed by atoms with van der Waals surface area (Å²) >= 11 is 0. The molecule has 1 aliphatic carbocycles. The van der Waals surface area contributed by atoms with Crippen molar-refractivity contribution < 1.29 is 23.5 Å². The van der Waals surface area contributed by atoms with Gasteiger partial charge in [-0.1, -0.05) is 31.0 Å². The van der Waals surface area contributed by atoms with Gasteiger partial charge in [0, 0.05) is 18.5 Å². The van der Waals surface area contributed by atoms with Crippen LogP contribution in [0.5, 0.6) is 5.75 Å². The third-order valence-corrected chi connectivity index (χ3v) is 6.06. The molecule has 0 spiro atoms. The van der Waals surface area contributed by atoms with Gasteiger partial charge in [-0.05, 0) is 31.0 Å². The summed E-state index contributed by atoms with van der Waals surface area (Å²) in [6, 6.07) is 10.7. The molecule has 1 saturated heterocycles. The number of ether oxygens (including phenoxy) is 1. The van der Waals surface area contributed by atoms with Crippen LogP contribution in [0.25, 0.3) is 0 Å². The number of hydrogen-bond acceptors (Lipinski definition) is 5. The highest BCUT2D eigenvalue weighted by Crippen LogP contribution is 2.36. The van der Waals surface area contributed by atoms with E-state index >= 15 is 0 Å². The van der Waals surface area contributed by atoms with Crippen molar-refractivity contribution in [3.63, 3.8) is 0 Å². The van der Waals surface area contributed by atoms with Gasteiger partial charge >= 0.3 is 0 Å². The van der Waals surface area contributed by atoms with Gasteiger partial charge in [-0.25, -0.2) is 0 Å². The van der Waals surface area contributed by atoms with Gasteiger partial charge in [0.1, 0.15) is 12.0 Å². The van der Waals surface area contributed by atoms with Crippen molar-refractivity contribution in [2.24, 2.45) is 5.92 Å². The second kappa shape index (κ2) is 9.68. The minimum atomic E-state index is -0.343. The van der Waals surface area contributed by atoms with Crippen molar-refractivity contribution >= 4 is 17.7 Å². The Bertz CT molecular complexity index is 899. The Morgan fingerprint density at radius 1 is 1.10 bits per heavy atom. The van der Waals surface area contributed by atoms with Crippen LogP contribution in [0.15, 0.2) is 53.3 Å². The zero-order valence-electron chi connectivity index (χ0n) is 17.3. The van der Waals surface area contributed by atoms with Gasteiger partial charge in [-0.2, -0.15) is 0 Å². The maximum absolute atomic E-state index is 12.9. The van der Waals surface area contributed by atoms with Crippen LogP contribution in [0.2, 0.25) is 0 Å². The van der Waals surface area contributed by atoms with E-state index < -0.39 is 0 Å². The summed E-state index contributed by atoms with van der Waals surface area (Å²) in [5.41, 5.74) is 0.383. The van der Waals surface area contributed by atoms with Crippen LogP contribution < -0.4 is 15.4 Å². The number of rotatable bonds is 7. The molecule has 2 heterocycles. The quantitative estimate of drug-likeness (QED) is 0.706. The first-order valence-corrected chi connectivity index (χ1v) is 10.7. The highest BCUT2D eigenvalue weighted by molar-refractivity contribution is 5.96. The molecule has 4 rings (SSSR count). The minimum Gasteiger partial charge on any atom is -0.484 e. The second-order valence-electron chi connectivity index (χ2n) is 8.03. The fraction of sp³-hybridized carbons (Fsp3) is 0.435. The Morgan fingerprint density at radius 3 is 2.68 bits per heavy atom. The number of fused-ring (bicyclic) bond motifs is 1. The standard InChI is InChI=1S/C23H27N3O5/c27-21(15-31-17-6-2-1-3-7-17)25-19-13-26(20-9-5-4-8-18(19)20)22(28)12-24-23(29)16-10-11-30-14-16/h1-3,6-7,10-11,14,18-20H,4-5,8-9,12-13,15H2,(H,24,29)(H,25,27). The van der Waals surface area contributed by atoms with Gasteiger partial charge in [-0.15, -0.1) is 0 Å². The molecule has 3 unspecified atom stereocenters. The zero-order valence-corrected chi connectivity index (χ0v) is 17.3. The van der Waals surface area contributed by atoms with Gasteiger partial charge in [0.25, 0.3) is 11.8 Å². The molecular formula is C23H27N3O5. The van der Waals surface area contributed by atoms with Crippen LogP contribution >= 0.6 is 0 Å². The molecule has 164 valence electrons. The largest absolute Gasteiger partial charge is 0.484 e. The monoisotopic (exact) mass is 425 g/mol. The van der Waals surface area contributed by atoms with Crippen molar-refractivity contribution in [3.8, 4) is 5.75 Å². The lowest BCUT2D eigenvalue weighted by atomic mass is 9.83. The van der Waals surface area contributed by atoms with E-state index in [0.717, 1.165) is 25.7 Å². The lowest BCUT2D eigenvalue weighted by Crippen LogP contribution is -2.44. The first kappa shape index (κ1) is 21.0. The molecule has 3 atom stereocenters. The molecule has 2 aromatic rings. The summed E-state index contributed by atoms with van der Waals surface area (Å²) in [6.07, 6.45) is 6.80. The van der Waals surface area contributed by atoms with Crippen molar-refractivity contribution in [1.82, 2.24) is 15.5 Å². The van der Waals surface area contributed by atoms with Gasteiger partial charge < -0.3 is 24.7 Å². The fourth-order valence-corrected chi connectivity index (χ4v) is 4.59. The Hall–Kier alpha value is -3.29. The molecule has 1 aliphatic heterocycles. The average Bonchev–Trinajstić information content (AvgIpc) is 3.46. The Kier molecular flexibility index (Phi) is 6.54. The molecule has 0 radical (unpaired) electrons. The first-order valence-electron chi connectivity index (χ1n) is 10.7. The third-order valence-electron chi connectivity index (χ3n) is 6.06. The zero-order chi connectivity index (χ0) is 21.6. The molecule has 1 saturated carbocycles. The predicted molar refractivity (Wildman–Crippen MR) is 112 cm³/mol. The number of furan rings is 1. The second-order valence-corrected chi connectivity index (χ2v) is 8.03.